The van der Waals surface area contributed by atoms with Gasteiger partial charge < -0.3 is 9.97 Å². The van der Waals surface area contributed by atoms with Crippen molar-refractivity contribution in [1.82, 2.24) is 19.9 Å². The molecule has 2 aromatic heterocycles. The fourth-order valence-electron chi connectivity index (χ4n) is 5.36. The van der Waals surface area contributed by atoms with Gasteiger partial charge in [-0.3, -0.25) is 20.2 Å². The number of hydrogen-bond acceptors (Lipinski definition) is 6. The maximum absolute atomic E-state index is 11.3. The smallest absolute Gasteiger partial charge is 0.269 e. The summed E-state index contributed by atoms with van der Waals surface area (Å²) in [5.74, 6) is 1.25. The van der Waals surface area contributed by atoms with Crippen molar-refractivity contribution in [3.05, 3.63) is 154 Å². The Hall–Kier alpha value is -6.68. The Morgan fingerprint density at radius 1 is 0.435 bits per heavy atom. The van der Waals surface area contributed by atoms with E-state index in [0.717, 1.165) is 56.2 Å². The topological polar surface area (TPSA) is 144 Å². The summed E-state index contributed by atoms with van der Waals surface area (Å²) in [4.78, 5) is 38.5. The van der Waals surface area contributed by atoms with Crippen LogP contribution < -0.4 is 0 Å². The second-order valence-corrected chi connectivity index (χ2v) is 10.5. The Bertz CT molecular complexity index is 2040. The molecule has 0 unspecified atom stereocenters. The van der Waals surface area contributed by atoms with Gasteiger partial charge in [0.2, 0.25) is 0 Å². The monoisotopic (exact) mass is 604 g/mol. The average Bonchev–Trinajstić information content (AvgIpc) is 3.76. The first-order valence-electron chi connectivity index (χ1n) is 14.4. The fraction of sp³-hybridized carbons (Fsp3) is 0. The van der Waals surface area contributed by atoms with Crippen LogP contribution in [0.1, 0.15) is 0 Å². The van der Waals surface area contributed by atoms with Crippen molar-refractivity contribution in [2.75, 3.05) is 0 Å². The summed E-state index contributed by atoms with van der Waals surface area (Å²) in [5.41, 5.74) is 7.93. The van der Waals surface area contributed by atoms with Crippen molar-refractivity contribution in [2.45, 2.75) is 0 Å². The van der Waals surface area contributed by atoms with Gasteiger partial charge in [0.05, 0.1) is 32.6 Å². The number of hydrogen-bond donors (Lipinski definition) is 2. The van der Waals surface area contributed by atoms with Crippen LogP contribution in [0.2, 0.25) is 0 Å². The van der Waals surface area contributed by atoms with E-state index in [1.165, 1.54) is 24.3 Å². The number of nitro groups is 2. The number of benzene rings is 5. The van der Waals surface area contributed by atoms with Gasteiger partial charge in [-0.15, -0.1) is 0 Å². The number of nitrogens with one attached hydrogen (secondary N) is 2. The first kappa shape index (κ1) is 28.1. The second-order valence-electron chi connectivity index (χ2n) is 10.5. The molecule has 46 heavy (non-hydrogen) atoms. The van der Waals surface area contributed by atoms with E-state index < -0.39 is 9.85 Å². The summed E-state index contributed by atoms with van der Waals surface area (Å²) in [6, 6.07) is 40.1. The molecule has 0 amide bonds. The molecule has 0 fully saturated rings. The Morgan fingerprint density at radius 3 is 1.17 bits per heavy atom. The van der Waals surface area contributed by atoms with E-state index in [4.69, 9.17) is 9.97 Å². The lowest BCUT2D eigenvalue weighted by Gasteiger charge is -2.03. The molecule has 222 valence electrons. The molecular weight excluding hydrogens is 580 g/mol. The molecule has 0 spiro atoms. The molecule has 2 N–H and O–H groups in total. The SMILES string of the molecule is O=[N+]([O-])c1ccc(-c2[nH]c(-c3cccc(-c4nc(-c5ccccc5)c(-c5ccc([N+](=O)[O-])cc5)[nH]4)c3)nc2-c2ccccc2)cc1. The molecule has 10 heteroatoms. The summed E-state index contributed by atoms with van der Waals surface area (Å²) in [6.07, 6.45) is 0. The molecule has 7 aromatic rings. The second kappa shape index (κ2) is 11.8. The highest BCUT2D eigenvalue weighted by atomic mass is 16.6. The van der Waals surface area contributed by atoms with E-state index in [1.54, 1.807) is 24.3 Å². The molecule has 0 atom stereocenters. The Kier molecular flexibility index (Phi) is 7.20. The number of imidazole rings is 2. The van der Waals surface area contributed by atoms with Gasteiger partial charge >= 0.3 is 0 Å². The lowest BCUT2D eigenvalue weighted by molar-refractivity contribution is -0.385. The summed E-state index contributed by atoms with van der Waals surface area (Å²) in [7, 11) is 0. The fourth-order valence-corrected chi connectivity index (χ4v) is 5.36. The minimum absolute atomic E-state index is 0.0128. The van der Waals surface area contributed by atoms with Gasteiger partial charge in [-0.05, 0) is 30.3 Å². The third kappa shape index (κ3) is 5.42. The lowest BCUT2D eigenvalue weighted by Crippen LogP contribution is -1.88. The zero-order valence-corrected chi connectivity index (χ0v) is 24.1. The van der Waals surface area contributed by atoms with Gasteiger partial charge in [-0.25, -0.2) is 9.97 Å². The number of H-pyrrole nitrogens is 2. The molecule has 0 aliphatic heterocycles. The Balaban J connectivity index is 1.32. The van der Waals surface area contributed by atoms with Crippen LogP contribution >= 0.6 is 0 Å². The summed E-state index contributed by atoms with van der Waals surface area (Å²) >= 11 is 0. The zero-order valence-electron chi connectivity index (χ0n) is 24.1. The molecular formula is C36H24N6O4. The van der Waals surface area contributed by atoms with Crippen molar-refractivity contribution in [3.8, 4) is 67.8 Å². The molecule has 0 saturated heterocycles. The van der Waals surface area contributed by atoms with Gasteiger partial charge in [0.1, 0.15) is 11.6 Å². The van der Waals surface area contributed by atoms with Crippen molar-refractivity contribution in [1.29, 1.82) is 0 Å². The van der Waals surface area contributed by atoms with Crippen LogP contribution in [0, 0.1) is 20.2 Å². The third-order valence-electron chi connectivity index (χ3n) is 7.65. The number of non-ortho nitro benzene ring substituents is 2. The molecule has 0 aliphatic rings. The molecule has 2 heterocycles. The van der Waals surface area contributed by atoms with E-state index in [1.807, 2.05) is 84.9 Å². The number of nitrogens with zero attached hydrogens (tertiary/aromatic N) is 4. The van der Waals surface area contributed by atoms with Crippen LogP contribution in [0.15, 0.2) is 133 Å². The highest BCUT2D eigenvalue weighted by molar-refractivity contribution is 5.84. The average molecular weight is 605 g/mol. The summed E-state index contributed by atoms with van der Waals surface area (Å²) in [6.45, 7) is 0. The highest BCUT2D eigenvalue weighted by Gasteiger charge is 2.19. The molecule has 0 saturated carbocycles. The van der Waals surface area contributed by atoms with Crippen molar-refractivity contribution < 1.29 is 9.85 Å². The van der Waals surface area contributed by atoms with E-state index in [-0.39, 0.29) is 11.4 Å². The molecule has 7 rings (SSSR count). The van der Waals surface area contributed by atoms with Crippen molar-refractivity contribution in [2.24, 2.45) is 0 Å². The largest absolute Gasteiger partial charge is 0.337 e. The standard InChI is InChI=1S/C36H24N6O4/c43-41(44)29-18-14-25(15-19-29)33-31(23-8-3-1-4-9-23)37-35(39-33)27-12-7-13-28(22-27)36-38-32(24-10-5-2-6-11-24)34(40-36)26-16-20-30(21-17-26)42(45)46/h1-22H,(H,37,39)(H,38,40). The van der Waals surface area contributed by atoms with Gasteiger partial charge in [0.15, 0.2) is 0 Å². The molecule has 0 bridgehead atoms. The van der Waals surface area contributed by atoms with Gasteiger partial charge in [-0.1, -0.05) is 78.9 Å². The lowest BCUT2D eigenvalue weighted by atomic mass is 10.0. The normalized spacial score (nSPS) is 11.0. The van der Waals surface area contributed by atoms with Crippen molar-refractivity contribution >= 4 is 11.4 Å². The third-order valence-corrected chi connectivity index (χ3v) is 7.65. The first-order chi connectivity index (χ1) is 22.4. The van der Waals surface area contributed by atoms with Crippen LogP contribution in [0.5, 0.6) is 0 Å². The molecule has 10 nitrogen and oxygen atoms in total. The highest BCUT2D eigenvalue weighted by Crippen LogP contribution is 2.37. The molecule has 0 radical (unpaired) electrons. The van der Waals surface area contributed by atoms with E-state index >= 15 is 0 Å². The van der Waals surface area contributed by atoms with E-state index in [0.29, 0.717) is 11.6 Å². The predicted octanol–water partition coefficient (Wildman–Crippen LogP) is 8.95. The number of nitro benzene ring substituents is 2. The predicted molar refractivity (Wildman–Crippen MR) is 177 cm³/mol. The number of aromatic amines is 2. The van der Waals surface area contributed by atoms with Crippen LogP contribution in [0.4, 0.5) is 11.4 Å². The maximum Gasteiger partial charge on any atom is 0.269 e. The zero-order chi connectivity index (χ0) is 31.6. The van der Waals surface area contributed by atoms with Crippen LogP contribution in [0.3, 0.4) is 0 Å². The van der Waals surface area contributed by atoms with Crippen LogP contribution in [0.25, 0.3) is 67.8 Å². The first-order valence-corrected chi connectivity index (χ1v) is 14.4. The summed E-state index contributed by atoms with van der Waals surface area (Å²) < 4.78 is 0. The Labute approximate surface area is 262 Å². The Morgan fingerprint density at radius 2 is 0.804 bits per heavy atom. The van der Waals surface area contributed by atoms with Crippen LogP contribution in [-0.2, 0) is 0 Å². The quantitative estimate of drug-likeness (QED) is 0.131. The van der Waals surface area contributed by atoms with Gasteiger partial charge in [0.25, 0.3) is 11.4 Å². The maximum atomic E-state index is 11.3. The molecule has 0 aliphatic carbocycles. The minimum Gasteiger partial charge on any atom is -0.337 e. The van der Waals surface area contributed by atoms with E-state index in [9.17, 15) is 20.2 Å². The van der Waals surface area contributed by atoms with Gasteiger partial charge in [-0.2, -0.15) is 0 Å². The van der Waals surface area contributed by atoms with Crippen LogP contribution in [-0.4, -0.2) is 29.8 Å². The van der Waals surface area contributed by atoms with E-state index in [2.05, 4.69) is 9.97 Å². The van der Waals surface area contributed by atoms with Crippen molar-refractivity contribution in [3.63, 3.8) is 0 Å². The number of rotatable bonds is 8. The van der Waals surface area contributed by atoms with Gasteiger partial charge in [0, 0.05) is 57.6 Å². The molecule has 5 aromatic carbocycles. The minimum atomic E-state index is -0.420. The summed E-state index contributed by atoms with van der Waals surface area (Å²) in [5, 5.41) is 22.5. The number of aromatic nitrogens is 4.